The van der Waals surface area contributed by atoms with Crippen molar-refractivity contribution < 1.29 is 9.84 Å². The molecule has 0 amide bonds. The maximum atomic E-state index is 9.36. The molecule has 0 aliphatic rings. The van der Waals surface area contributed by atoms with Crippen molar-refractivity contribution in [2.75, 3.05) is 26.8 Å². The molecule has 0 spiro atoms. The fourth-order valence-corrected chi connectivity index (χ4v) is 2.11. The zero-order valence-electron chi connectivity index (χ0n) is 12.6. The van der Waals surface area contributed by atoms with E-state index in [9.17, 15) is 5.11 Å². The van der Waals surface area contributed by atoms with Crippen molar-refractivity contribution in [1.82, 2.24) is 4.90 Å². The molecule has 1 aromatic rings. The van der Waals surface area contributed by atoms with E-state index in [0.717, 1.165) is 18.8 Å². The van der Waals surface area contributed by atoms with E-state index < -0.39 is 0 Å². The van der Waals surface area contributed by atoms with E-state index >= 15 is 0 Å². The molecule has 19 heavy (non-hydrogen) atoms. The van der Waals surface area contributed by atoms with E-state index in [-0.39, 0.29) is 6.61 Å². The Morgan fingerprint density at radius 3 is 2.32 bits per heavy atom. The predicted octanol–water partition coefficient (Wildman–Crippen LogP) is 2.78. The molecule has 0 radical (unpaired) electrons. The van der Waals surface area contributed by atoms with Gasteiger partial charge >= 0.3 is 0 Å². The van der Waals surface area contributed by atoms with Crippen LogP contribution in [0.2, 0.25) is 0 Å². The van der Waals surface area contributed by atoms with Gasteiger partial charge < -0.3 is 14.7 Å². The first-order valence-electron chi connectivity index (χ1n) is 7.08. The molecular formula is C16H27NO2. The van der Waals surface area contributed by atoms with Crippen molar-refractivity contribution in [3.05, 3.63) is 29.8 Å². The van der Waals surface area contributed by atoms with Crippen LogP contribution in [0, 0.1) is 11.8 Å². The summed E-state index contributed by atoms with van der Waals surface area (Å²) in [5, 5.41) is 9.36. The molecule has 0 aromatic heterocycles. The minimum atomic E-state index is 0.255. The number of aliphatic hydroxyl groups is 1. The van der Waals surface area contributed by atoms with Crippen LogP contribution in [0.4, 0.5) is 0 Å². The molecule has 1 rings (SSSR count). The zero-order valence-corrected chi connectivity index (χ0v) is 12.6. The van der Waals surface area contributed by atoms with E-state index in [1.807, 2.05) is 19.1 Å². The Bertz CT molecular complexity index is 348. The minimum absolute atomic E-state index is 0.255. The first kappa shape index (κ1) is 16.0. The van der Waals surface area contributed by atoms with Crippen LogP contribution >= 0.6 is 0 Å². The number of rotatable bonds is 8. The highest BCUT2D eigenvalue weighted by Gasteiger charge is 2.14. The third-order valence-corrected chi connectivity index (χ3v) is 3.41. The maximum Gasteiger partial charge on any atom is 0.119 e. The molecule has 108 valence electrons. The molecule has 0 fully saturated rings. The summed E-state index contributed by atoms with van der Waals surface area (Å²) >= 11 is 0. The van der Waals surface area contributed by atoms with Crippen LogP contribution in [0.3, 0.4) is 0 Å². The van der Waals surface area contributed by atoms with Crippen molar-refractivity contribution in [3.63, 3.8) is 0 Å². The minimum Gasteiger partial charge on any atom is -0.494 e. The smallest absolute Gasteiger partial charge is 0.119 e. The van der Waals surface area contributed by atoms with Crippen LogP contribution < -0.4 is 4.74 Å². The lowest BCUT2D eigenvalue weighted by atomic mass is 9.96. The molecule has 0 bridgehead atoms. The summed E-state index contributed by atoms with van der Waals surface area (Å²) in [6, 6.07) is 8.23. The summed E-state index contributed by atoms with van der Waals surface area (Å²) in [6.07, 6.45) is 0. The monoisotopic (exact) mass is 265 g/mol. The first-order chi connectivity index (χ1) is 9.06. The summed E-state index contributed by atoms with van der Waals surface area (Å²) in [5.74, 6) is 1.77. The van der Waals surface area contributed by atoms with Gasteiger partial charge in [-0.05, 0) is 43.5 Å². The predicted molar refractivity (Wildman–Crippen MR) is 79.4 cm³/mol. The van der Waals surface area contributed by atoms with Crippen LogP contribution in [0.5, 0.6) is 5.75 Å². The van der Waals surface area contributed by atoms with Crippen LogP contribution in [0.25, 0.3) is 0 Å². The maximum absolute atomic E-state index is 9.36. The summed E-state index contributed by atoms with van der Waals surface area (Å²) in [4.78, 5) is 2.26. The van der Waals surface area contributed by atoms with Gasteiger partial charge in [-0.1, -0.05) is 26.0 Å². The number of hydrogen-bond donors (Lipinski definition) is 1. The SMILES string of the molecule is CCOc1ccc(CN(C)CC(CO)C(C)C)cc1. The highest BCUT2D eigenvalue weighted by Crippen LogP contribution is 2.15. The Morgan fingerprint density at radius 1 is 1.21 bits per heavy atom. The van der Waals surface area contributed by atoms with Gasteiger partial charge in [-0.2, -0.15) is 0 Å². The van der Waals surface area contributed by atoms with Gasteiger partial charge in [0.25, 0.3) is 0 Å². The van der Waals surface area contributed by atoms with Crippen molar-refractivity contribution in [3.8, 4) is 5.75 Å². The van der Waals surface area contributed by atoms with Gasteiger partial charge in [0.15, 0.2) is 0 Å². The van der Waals surface area contributed by atoms with Crippen molar-refractivity contribution >= 4 is 0 Å². The second-order valence-corrected chi connectivity index (χ2v) is 5.46. The highest BCUT2D eigenvalue weighted by molar-refractivity contribution is 5.27. The van der Waals surface area contributed by atoms with Crippen LogP contribution in [-0.4, -0.2) is 36.8 Å². The molecular weight excluding hydrogens is 238 g/mol. The van der Waals surface area contributed by atoms with E-state index in [4.69, 9.17) is 4.74 Å². The highest BCUT2D eigenvalue weighted by atomic mass is 16.5. The summed E-state index contributed by atoms with van der Waals surface area (Å²) in [5.41, 5.74) is 1.27. The summed E-state index contributed by atoms with van der Waals surface area (Å²) in [6.45, 7) is 9.08. The third kappa shape index (κ3) is 5.62. The Kier molecular flexibility index (Phi) is 6.89. The fraction of sp³-hybridized carbons (Fsp3) is 0.625. The molecule has 1 aromatic carbocycles. The molecule has 0 saturated heterocycles. The van der Waals surface area contributed by atoms with Gasteiger partial charge in [0, 0.05) is 19.7 Å². The second-order valence-electron chi connectivity index (χ2n) is 5.46. The quantitative estimate of drug-likeness (QED) is 0.784. The van der Waals surface area contributed by atoms with E-state index in [1.165, 1.54) is 5.56 Å². The lowest BCUT2D eigenvalue weighted by molar-refractivity contribution is 0.143. The third-order valence-electron chi connectivity index (χ3n) is 3.41. The number of hydrogen-bond acceptors (Lipinski definition) is 3. The number of benzene rings is 1. The van der Waals surface area contributed by atoms with E-state index in [2.05, 4.69) is 37.9 Å². The molecule has 0 aliphatic heterocycles. The summed E-state index contributed by atoms with van der Waals surface area (Å²) < 4.78 is 5.43. The molecule has 1 unspecified atom stereocenters. The molecule has 0 aliphatic carbocycles. The van der Waals surface area contributed by atoms with Crippen LogP contribution in [0.1, 0.15) is 26.3 Å². The van der Waals surface area contributed by atoms with Crippen molar-refractivity contribution in [1.29, 1.82) is 0 Å². The molecule has 0 saturated carbocycles. The largest absolute Gasteiger partial charge is 0.494 e. The van der Waals surface area contributed by atoms with Crippen molar-refractivity contribution in [2.24, 2.45) is 11.8 Å². The average Bonchev–Trinajstić information content (AvgIpc) is 2.38. The topological polar surface area (TPSA) is 32.7 Å². The van der Waals surface area contributed by atoms with E-state index in [1.54, 1.807) is 0 Å². The second kappa shape index (κ2) is 8.18. The van der Waals surface area contributed by atoms with Gasteiger partial charge in [-0.15, -0.1) is 0 Å². The zero-order chi connectivity index (χ0) is 14.3. The summed E-state index contributed by atoms with van der Waals surface area (Å²) in [7, 11) is 2.10. The number of nitrogens with zero attached hydrogens (tertiary/aromatic N) is 1. The van der Waals surface area contributed by atoms with Gasteiger partial charge in [0.2, 0.25) is 0 Å². The lowest BCUT2D eigenvalue weighted by Gasteiger charge is -2.25. The van der Waals surface area contributed by atoms with Gasteiger partial charge in [-0.3, -0.25) is 0 Å². The van der Waals surface area contributed by atoms with Gasteiger partial charge in [0.1, 0.15) is 5.75 Å². The Balaban J connectivity index is 2.49. The average molecular weight is 265 g/mol. The van der Waals surface area contributed by atoms with Crippen LogP contribution in [0.15, 0.2) is 24.3 Å². The number of aliphatic hydroxyl groups excluding tert-OH is 1. The van der Waals surface area contributed by atoms with Gasteiger partial charge in [-0.25, -0.2) is 0 Å². The molecule has 3 heteroatoms. The number of ether oxygens (including phenoxy) is 1. The first-order valence-corrected chi connectivity index (χ1v) is 7.08. The fourth-order valence-electron chi connectivity index (χ4n) is 2.11. The molecule has 1 N–H and O–H groups in total. The van der Waals surface area contributed by atoms with Gasteiger partial charge in [0.05, 0.1) is 6.61 Å². The van der Waals surface area contributed by atoms with Crippen LogP contribution in [-0.2, 0) is 6.54 Å². The standard InChI is InChI=1S/C16H27NO2/c1-5-19-16-8-6-14(7-9-16)10-17(4)11-15(12-18)13(2)3/h6-9,13,15,18H,5,10-12H2,1-4H3. The van der Waals surface area contributed by atoms with E-state index in [0.29, 0.717) is 18.4 Å². The molecule has 1 atom stereocenters. The molecule has 0 heterocycles. The Hall–Kier alpha value is -1.06. The Labute approximate surface area is 117 Å². The van der Waals surface area contributed by atoms with Crippen molar-refractivity contribution in [2.45, 2.75) is 27.3 Å². The lowest BCUT2D eigenvalue weighted by Crippen LogP contribution is -2.30. The normalized spacial score (nSPS) is 13.0. The molecule has 3 nitrogen and oxygen atoms in total. The Morgan fingerprint density at radius 2 is 1.84 bits per heavy atom.